The highest BCUT2D eigenvalue weighted by Gasteiger charge is 2.24. The molecule has 0 amide bonds. The molecular weight excluding hydrogens is 346 g/mol. The second-order valence-electron chi connectivity index (χ2n) is 4.55. The number of hydrogen-bond donors (Lipinski definition) is 1. The normalized spacial score (nSPS) is 10.1. The van der Waals surface area contributed by atoms with E-state index in [1.165, 1.54) is 0 Å². The van der Waals surface area contributed by atoms with Crippen molar-refractivity contribution in [2.45, 2.75) is 13.8 Å². The number of nitrogens with zero attached hydrogens (tertiary/aromatic N) is 2. The van der Waals surface area contributed by atoms with Crippen LogP contribution in [0.1, 0.15) is 28.5 Å². The van der Waals surface area contributed by atoms with Crippen molar-refractivity contribution in [3.63, 3.8) is 0 Å². The molecule has 0 bridgehead atoms. The number of carbonyl (C=O) groups excluding carboxylic acids is 1. The van der Waals surface area contributed by atoms with Crippen LogP contribution in [0, 0.1) is 18.3 Å². The average molecular weight is 360 g/mol. The molecule has 0 atom stereocenters. The lowest BCUT2D eigenvalue weighted by Gasteiger charge is -2.15. The van der Waals surface area contributed by atoms with E-state index in [2.05, 4.69) is 20.9 Å². The Bertz CT molecular complexity index is 782. The number of nitrogen functional groups attached to an aromatic ring is 1. The van der Waals surface area contributed by atoms with Crippen LogP contribution in [0.4, 0.5) is 5.82 Å². The van der Waals surface area contributed by atoms with Crippen molar-refractivity contribution in [2.75, 3.05) is 12.3 Å². The summed E-state index contributed by atoms with van der Waals surface area (Å²) in [5, 5.41) is 9.42. The van der Waals surface area contributed by atoms with Gasteiger partial charge < -0.3 is 10.5 Å². The fraction of sp³-hybridized carbons (Fsp3) is 0.188. The van der Waals surface area contributed by atoms with Crippen LogP contribution >= 0.6 is 15.9 Å². The van der Waals surface area contributed by atoms with Crippen LogP contribution < -0.4 is 5.73 Å². The molecule has 22 heavy (non-hydrogen) atoms. The quantitative estimate of drug-likeness (QED) is 0.847. The molecule has 6 heteroatoms. The number of hydrogen-bond acceptors (Lipinski definition) is 5. The minimum Gasteiger partial charge on any atom is -0.462 e. The second-order valence-corrected chi connectivity index (χ2v) is 5.47. The van der Waals surface area contributed by atoms with Gasteiger partial charge in [0.2, 0.25) is 0 Å². The number of nitrogens with two attached hydrogens (primary N) is 1. The summed E-state index contributed by atoms with van der Waals surface area (Å²) in [6, 6.07) is 9.34. The Morgan fingerprint density at radius 3 is 2.82 bits per heavy atom. The topological polar surface area (TPSA) is 89.0 Å². The molecule has 2 N–H and O–H groups in total. The third-order valence-corrected chi connectivity index (χ3v) is 3.60. The van der Waals surface area contributed by atoms with E-state index < -0.39 is 5.97 Å². The molecule has 0 spiro atoms. The molecule has 0 aliphatic carbocycles. The van der Waals surface area contributed by atoms with Crippen molar-refractivity contribution in [3.8, 4) is 17.2 Å². The Morgan fingerprint density at radius 1 is 1.50 bits per heavy atom. The molecule has 0 fully saturated rings. The molecule has 1 aromatic carbocycles. The Kier molecular flexibility index (Phi) is 4.78. The lowest BCUT2D eigenvalue weighted by molar-refractivity contribution is 0.0526. The van der Waals surface area contributed by atoms with Gasteiger partial charge in [0.25, 0.3) is 0 Å². The smallest absolute Gasteiger partial charge is 0.340 e. The van der Waals surface area contributed by atoms with Crippen molar-refractivity contribution < 1.29 is 9.53 Å². The largest absolute Gasteiger partial charge is 0.462 e. The maximum atomic E-state index is 12.3. The van der Waals surface area contributed by atoms with Gasteiger partial charge in [-0.15, -0.1) is 0 Å². The number of halogens is 1. The van der Waals surface area contributed by atoms with Crippen molar-refractivity contribution in [2.24, 2.45) is 0 Å². The maximum absolute atomic E-state index is 12.3. The highest BCUT2D eigenvalue weighted by Crippen LogP contribution is 2.33. The Balaban J connectivity index is 2.84. The van der Waals surface area contributed by atoms with Gasteiger partial charge in [-0.05, 0) is 31.5 Å². The first kappa shape index (κ1) is 16.0. The third kappa shape index (κ3) is 2.95. The van der Waals surface area contributed by atoms with Gasteiger partial charge in [-0.2, -0.15) is 5.26 Å². The molecule has 0 saturated heterocycles. The summed E-state index contributed by atoms with van der Waals surface area (Å²) >= 11 is 3.39. The minimum atomic E-state index is -0.515. The fourth-order valence-electron chi connectivity index (χ4n) is 2.23. The molecule has 0 aliphatic rings. The van der Waals surface area contributed by atoms with Gasteiger partial charge in [0, 0.05) is 10.0 Å². The van der Waals surface area contributed by atoms with Crippen LogP contribution in [-0.4, -0.2) is 17.6 Å². The molecule has 0 radical (unpaired) electrons. The predicted octanol–water partition coefficient (Wildman–Crippen LogP) is 3.45. The van der Waals surface area contributed by atoms with Crippen molar-refractivity contribution in [1.82, 2.24) is 4.98 Å². The highest BCUT2D eigenvalue weighted by molar-refractivity contribution is 9.10. The third-order valence-electron chi connectivity index (χ3n) is 3.11. The van der Waals surface area contributed by atoms with Gasteiger partial charge in [-0.25, -0.2) is 9.78 Å². The number of aromatic nitrogens is 1. The van der Waals surface area contributed by atoms with Crippen molar-refractivity contribution >= 4 is 27.7 Å². The van der Waals surface area contributed by atoms with Crippen molar-refractivity contribution in [1.29, 1.82) is 5.26 Å². The summed E-state index contributed by atoms with van der Waals surface area (Å²) in [6.45, 7) is 3.63. The molecule has 2 rings (SSSR count). The number of rotatable bonds is 3. The lowest BCUT2D eigenvalue weighted by Crippen LogP contribution is -2.13. The van der Waals surface area contributed by atoms with E-state index in [4.69, 9.17) is 10.5 Å². The van der Waals surface area contributed by atoms with E-state index in [0.29, 0.717) is 16.8 Å². The van der Waals surface area contributed by atoms with Crippen molar-refractivity contribution in [3.05, 3.63) is 45.6 Å². The average Bonchev–Trinajstić information content (AvgIpc) is 2.46. The van der Waals surface area contributed by atoms with Crippen LogP contribution in [0.25, 0.3) is 11.1 Å². The summed E-state index contributed by atoms with van der Waals surface area (Å²) in [7, 11) is 0. The van der Waals surface area contributed by atoms with Gasteiger partial charge >= 0.3 is 5.97 Å². The summed E-state index contributed by atoms with van der Waals surface area (Å²) in [4.78, 5) is 16.4. The van der Waals surface area contributed by atoms with E-state index in [1.54, 1.807) is 13.8 Å². The van der Waals surface area contributed by atoms with Crippen LogP contribution in [0.3, 0.4) is 0 Å². The number of esters is 1. The zero-order valence-corrected chi connectivity index (χ0v) is 13.8. The summed E-state index contributed by atoms with van der Waals surface area (Å²) in [5.74, 6) is -0.415. The SMILES string of the molecule is CCOC(=O)c1c(C)nc(N)c(C#N)c1-c1cccc(Br)c1. The monoisotopic (exact) mass is 359 g/mol. The van der Waals surface area contributed by atoms with E-state index in [1.807, 2.05) is 30.3 Å². The molecular formula is C16H14BrN3O2. The maximum Gasteiger partial charge on any atom is 0.340 e. The number of anilines is 1. The van der Waals surface area contributed by atoms with Crippen LogP contribution in [0.5, 0.6) is 0 Å². The highest BCUT2D eigenvalue weighted by atomic mass is 79.9. The lowest BCUT2D eigenvalue weighted by atomic mass is 9.94. The van der Waals surface area contributed by atoms with Gasteiger partial charge in [0.1, 0.15) is 17.5 Å². The standard InChI is InChI=1S/C16H14BrN3O2/c1-3-22-16(21)13-9(2)20-15(19)12(8-18)14(13)10-5-4-6-11(17)7-10/h4-7H,3H2,1-2H3,(H2,19,20). The first-order chi connectivity index (χ1) is 10.5. The van der Waals surface area contributed by atoms with Crippen LogP contribution in [0.15, 0.2) is 28.7 Å². The fourth-order valence-corrected chi connectivity index (χ4v) is 2.62. The first-order valence-electron chi connectivity index (χ1n) is 6.62. The number of benzene rings is 1. The Morgan fingerprint density at radius 2 is 2.23 bits per heavy atom. The zero-order chi connectivity index (χ0) is 16.3. The zero-order valence-electron chi connectivity index (χ0n) is 12.2. The number of pyridine rings is 1. The molecule has 5 nitrogen and oxygen atoms in total. The van der Waals surface area contributed by atoms with E-state index in [-0.39, 0.29) is 23.6 Å². The summed E-state index contributed by atoms with van der Waals surface area (Å²) in [6.07, 6.45) is 0. The van der Waals surface area contributed by atoms with E-state index >= 15 is 0 Å². The number of ether oxygens (including phenoxy) is 1. The van der Waals surface area contributed by atoms with Gasteiger partial charge in [-0.1, -0.05) is 28.1 Å². The molecule has 0 unspecified atom stereocenters. The number of nitriles is 1. The van der Waals surface area contributed by atoms with Crippen LogP contribution in [-0.2, 0) is 4.74 Å². The molecule has 1 heterocycles. The number of aryl methyl sites for hydroxylation is 1. The second kappa shape index (κ2) is 6.58. The van der Waals surface area contributed by atoms with Gasteiger partial charge in [-0.3, -0.25) is 0 Å². The predicted molar refractivity (Wildman–Crippen MR) is 87.2 cm³/mol. The summed E-state index contributed by atoms with van der Waals surface area (Å²) in [5.41, 5.74) is 7.88. The van der Waals surface area contributed by atoms with E-state index in [9.17, 15) is 10.1 Å². The van der Waals surface area contributed by atoms with Gasteiger partial charge in [0.15, 0.2) is 0 Å². The molecule has 0 saturated carbocycles. The van der Waals surface area contributed by atoms with Gasteiger partial charge in [0.05, 0.1) is 17.9 Å². The molecule has 1 aromatic heterocycles. The molecule has 2 aromatic rings. The molecule has 0 aliphatic heterocycles. The first-order valence-corrected chi connectivity index (χ1v) is 7.42. The Hall–Kier alpha value is -2.39. The Labute approximate surface area is 136 Å². The number of carbonyl (C=O) groups is 1. The molecule has 112 valence electrons. The summed E-state index contributed by atoms with van der Waals surface area (Å²) < 4.78 is 5.93. The minimum absolute atomic E-state index is 0.100. The van der Waals surface area contributed by atoms with Crippen LogP contribution in [0.2, 0.25) is 0 Å². The van der Waals surface area contributed by atoms with E-state index in [0.717, 1.165) is 4.47 Å².